The molecule has 3 unspecified atom stereocenters. The van der Waals surface area contributed by atoms with Crippen molar-refractivity contribution >= 4 is 15.9 Å². The van der Waals surface area contributed by atoms with Gasteiger partial charge in [-0.25, -0.2) is 4.98 Å². The van der Waals surface area contributed by atoms with Gasteiger partial charge in [0.25, 0.3) is 0 Å². The first-order valence-corrected chi connectivity index (χ1v) is 7.51. The lowest BCUT2D eigenvalue weighted by atomic mass is 10.0. The fourth-order valence-corrected chi connectivity index (χ4v) is 2.92. The van der Waals surface area contributed by atoms with Gasteiger partial charge in [0.15, 0.2) is 0 Å². The predicted octanol–water partition coefficient (Wildman–Crippen LogP) is 2.38. The van der Waals surface area contributed by atoms with Gasteiger partial charge in [-0.2, -0.15) is 0 Å². The number of aliphatic hydroxyl groups is 1. The zero-order chi connectivity index (χ0) is 13.8. The van der Waals surface area contributed by atoms with Crippen LogP contribution in [-0.2, 0) is 4.74 Å². The van der Waals surface area contributed by atoms with Gasteiger partial charge in [-0.3, -0.25) is 4.90 Å². The number of ether oxygens (including phenoxy) is 1. The van der Waals surface area contributed by atoms with Crippen LogP contribution in [-0.4, -0.2) is 46.9 Å². The topological polar surface area (TPSA) is 45.6 Å². The van der Waals surface area contributed by atoms with Crippen LogP contribution in [0.3, 0.4) is 0 Å². The van der Waals surface area contributed by atoms with Gasteiger partial charge in [-0.05, 0) is 48.3 Å². The summed E-state index contributed by atoms with van der Waals surface area (Å²) in [6.45, 7) is 6.36. The maximum Gasteiger partial charge on any atom is 0.106 e. The van der Waals surface area contributed by atoms with E-state index < -0.39 is 0 Å². The van der Waals surface area contributed by atoms with Gasteiger partial charge in [0.2, 0.25) is 0 Å². The Morgan fingerprint density at radius 3 is 3.00 bits per heavy atom. The molecule has 1 N–H and O–H groups in total. The first-order chi connectivity index (χ1) is 9.08. The van der Waals surface area contributed by atoms with Crippen LogP contribution < -0.4 is 0 Å². The van der Waals surface area contributed by atoms with Crippen molar-refractivity contribution in [3.05, 3.63) is 28.5 Å². The first kappa shape index (κ1) is 14.9. The Bertz CT molecular complexity index is 414. The molecule has 1 saturated heterocycles. The number of morpholine rings is 1. The highest BCUT2D eigenvalue weighted by molar-refractivity contribution is 9.10. The summed E-state index contributed by atoms with van der Waals surface area (Å²) in [5.41, 5.74) is 1.00. The second-order valence-corrected chi connectivity index (χ2v) is 5.96. The lowest BCUT2D eigenvalue weighted by molar-refractivity contribution is -0.0328. The van der Waals surface area contributed by atoms with Crippen LogP contribution in [0.5, 0.6) is 0 Å². The Morgan fingerprint density at radius 2 is 2.37 bits per heavy atom. The van der Waals surface area contributed by atoms with Crippen molar-refractivity contribution in [1.82, 2.24) is 9.88 Å². The van der Waals surface area contributed by atoms with E-state index in [-0.39, 0.29) is 12.1 Å². The lowest BCUT2D eigenvalue weighted by Crippen LogP contribution is -2.46. The molecule has 0 aliphatic carbocycles. The van der Waals surface area contributed by atoms with Crippen LogP contribution in [0.15, 0.2) is 22.8 Å². The van der Waals surface area contributed by atoms with Crippen molar-refractivity contribution in [3.8, 4) is 0 Å². The zero-order valence-electron chi connectivity index (χ0n) is 11.4. The van der Waals surface area contributed by atoms with Crippen molar-refractivity contribution < 1.29 is 9.84 Å². The number of hydrogen-bond acceptors (Lipinski definition) is 4. The molecule has 1 aliphatic rings. The standard InChI is InChI=1S/C14H21BrN2O2/c1-10-9-19-7-6-17(10)13(8-11(2)18)12-4-3-5-14(15)16-12/h3-5,10-11,13,18H,6-9H2,1-2H3. The van der Waals surface area contributed by atoms with E-state index in [4.69, 9.17) is 4.74 Å². The van der Waals surface area contributed by atoms with Crippen molar-refractivity contribution in [2.24, 2.45) is 0 Å². The lowest BCUT2D eigenvalue weighted by Gasteiger charge is -2.39. The molecule has 19 heavy (non-hydrogen) atoms. The number of nitrogens with zero attached hydrogens (tertiary/aromatic N) is 2. The Hall–Kier alpha value is -0.490. The van der Waals surface area contributed by atoms with Crippen LogP contribution in [0.4, 0.5) is 0 Å². The molecule has 0 spiro atoms. The molecule has 3 atom stereocenters. The molecule has 2 heterocycles. The van der Waals surface area contributed by atoms with Crippen LogP contribution in [0, 0.1) is 0 Å². The average molecular weight is 329 g/mol. The third kappa shape index (κ3) is 3.99. The number of hydrogen-bond donors (Lipinski definition) is 1. The number of halogens is 1. The molecular formula is C14H21BrN2O2. The van der Waals surface area contributed by atoms with E-state index in [0.29, 0.717) is 12.5 Å². The Labute approximate surface area is 122 Å². The molecule has 0 amide bonds. The zero-order valence-corrected chi connectivity index (χ0v) is 13.0. The summed E-state index contributed by atoms with van der Waals surface area (Å²) in [4.78, 5) is 6.94. The van der Waals surface area contributed by atoms with E-state index >= 15 is 0 Å². The van der Waals surface area contributed by atoms with Gasteiger partial charge in [0.05, 0.1) is 31.1 Å². The number of aromatic nitrogens is 1. The molecule has 2 rings (SSSR count). The van der Waals surface area contributed by atoms with Crippen molar-refractivity contribution in [3.63, 3.8) is 0 Å². The number of rotatable bonds is 4. The number of aliphatic hydroxyl groups excluding tert-OH is 1. The van der Waals surface area contributed by atoms with Crippen molar-refractivity contribution in [2.75, 3.05) is 19.8 Å². The summed E-state index contributed by atoms with van der Waals surface area (Å²) in [6.07, 6.45) is 0.342. The van der Waals surface area contributed by atoms with Gasteiger partial charge >= 0.3 is 0 Å². The third-order valence-corrected chi connectivity index (χ3v) is 3.90. The highest BCUT2D eigenvalue weighted by atomic mass is 79.9. The quantitative estimate of drug-likeness (QED) is 0.862. The van der Waals surface area contributed by atoms with Gasteiger partial charge in [-0.15, -0.1) is 0 Å². The highest BCUT2D eigenvalue weighted by Crippen LogP contribution is 2.28. The molecule has 1 aromatic heterocycles. The largest absolute Gasteiger partial charge is 0.393 e. The summed E-state index contributed by atoms with van der Waals surface area (Å²) in [5, 5.41) is 9.77. The maximum absolute atomic E-state index is 9.77. The van der Waals surface area contributed by atoms with Gasteiger partial charge < -0.3 is 9.84 Å². The van der Waals surface area contributed by atoms with E-state index in [0.717, 1.165) is 30.1 Å². The highest BCUT2D eigenvalue weighted by Gasteiger charge is 2.29. The fraction of sp³-hybridized carbons (Fsp3) is 0.643. The molecule has 1 fully saturated rings. The van der Waals surface area contributed by atoms with E-state index in [9.17, 15) is 5.11 Å². The van der Waals surface area contributed by atoms with E-state index in [1.807, 2.05) is 25.1 Å². The summed E-state index contributed by atoms with van der Waals surface area (Å²) >= 11 is 3.42. The third-order valence-electron chi connectivity index (χ3n) is 3.46. The Morgan fingerprint density at radius 1 is 1.58 bits per heavy atom. The Balaban J connectivity index is 2.24. The van der Waals surface area contributed by atoms with Crippen molar-refractivity contribution in [2.45, 2.75) is 38.5 Å². The van der Waals surface area contributed by atoms with Gasteiger partial charge in [0, 0.05) is 12.6 Å². The molecule has 106 valence electrons. The average Bonchev–Trinajstić information content (AvgIpc) is 2.37. The maximum atomic E-state index is 9.77. The number of pyridine rings is 1. The molecule has 5 heteroatoms. The second-order valence-electron chi connectivity index (χ2n) is 5.15. The Kier molecular flexibility index (Phi) is 5.33. The monoisotopic (exact) mass is 328 g/mol. The molecule has 0 aromatic carbocycles. The van der Waals surface area contributed by atoms with E-state index in [2.05, 4.69) is 32.7 Å². The minimum absolute atomic E-state index is 0.136. The van der Waals surface area contributed by atoms with Crippen LogP contribution in [0.2, 0.25) is 0 Å². The molecule has 1 aliphatic heterocycles. The van der Waals surface area contributed by atoms with Crippen LogP contribution >= 0.6 is 15.9 Å². The van der Waals surface area contributed by atoms with Crippen LogP contribution in [0.1, 0.15) is 32.0 Å². The summed E-state index contributed by atoms with van der Waals surface area (Å²) in [6, 6.07) is 6.42. The molecule has 0 saturated carbocycles. The van der Waals surface area contributed by atoms with E-state index in [1.54, 1.807) is 0 Å². The van der Waals surface area contributed by atoms with Gasteiger partial charge in [0.1, 0.15) is 4.60 Å². The van der Waals surface area contributed by atoms with Crippen LogP contribution in [0.25, 0.3) is 0 Å². The fourth-order valence-electron chi connectivity index (χ4n) is 2.56. The minimum Gasteiger partial charge on any atom is -0.393 e. The second kappa shape index (κ2) is 6.79. The molecule has 0 radical (unpaired) electrons. The van der Waals surface area contributed by atoms with Crippen molar-refractivity contribution in [1.29, 1.82) is 0 Å². The summed E-state index contributed by atoms with van der Waals surface area (Å²) < 4.78 is 6.33. The smallest absolute Gasteiger partial charge is 0.106 e. The first-order valence-electron chi connectivity index (χ1n) is 6.72. The molecule has 4 nitrogen and oxygen atoms in total. The molecule has 1 aromatic rings. The predicted molar refractivity (Wildman–Crippen MR) is 78.0 cm³/mol. The van der Waals surface area contributed by atoms with E-state index in [1.165, 1.54) is 0 Å². The normalized spacial score (nSPS) is 24.1. The minimum atomic E-state index is -0.346. The van der Waals surface area contributed by atoms with Gasteiger partial charge in [-0.1, -0.05) is 6.07 Å². The summed E-state index contributed by atoms with van der Waals surface area (Å²) in [7, 11) is 0. The molecule has 0 bridgehead atoms. The molecular weight excluding hydrogens is 308 g/mol. The SMILES string of the molecule is CC(O)CC(c1cccc(Br)n1)N1CCOCC1C. The summed E-state index contributed by atoms with van der Waals surface area (Å²) in [5.74, 6) is 0.